The molecule has 0 saturated carbocycles. The molecular formula is C10H11N3O2S. The zero-order valence-corrected chi connectivity index (χ0v) is 9.49. The standard InChI is InChI=1S/C10H11N3O2S/c1-2-7(9(14)15)16-10-12-6-4-3-5-11-8(6)13-10/h3-5,7H,2H2,1H3,(H,14,15)(H,11,12,13). The number of carboxylic acids is 1. The smallest absolute Gasteiger partial charge is 0.317 e. The Labute approximate surface area is 96.3 Å². The Morgan fingerprint density at radius 2 is 2.50 bits per heavy atom. The Hall–Kier alpha value is -1.56. The van der Waals surface area contributed by atoms with Gasteiger partial charge in [0, 0.05) is 6.20 Å². The molecule has 0 radical (unpaired) electrons. The summed E-state index contributed by atoms with van der Waals surface area (Å²) in [6, 6.07) is 3.67. The number of carboxylic acid groups (broad SMARTS) is 1. The second-order valence-electron chi connectivity index (χ2n) is 3.27. The largest absolute Gasteiger partial charge is 0.480 e. The van der Waals surface area contributed by atoms with Crippen molar-refractivity contribution in [2.24, 2.45) is 0 Å². The lowest BCUT2D eigenvalue weighted by Crippen LogP contribution is -2.14. The van der Waals surface area contributed by atoms with Gasteiger partial charge in [-0.05, 0) is 18.6 Å². The van der Waals surface area contributed by atoms with Crippen molar-refractivity contribution >= 4 is 28.9 Å². The van der Waals surface area contributed by atoms with Gasteiger partial charge < -0.3 is 10.1 Å². The summed E-state index contributed by atoms with van der Waals surface area (Å²) in [6.45, 7) is 1.84. The molecule has 0 amide bonds. The van der Waals surface area contributed by atoms with Gasteiger partial charge in [0.05, 0.1) is 5.52 Å². The lowest BCUT2D eigenvalue weighted by Gasteiger charge is -2.05. The predicted molar refractivity (Wildman–Crippen MR) is 61.5 cm³/mol. The van der Waals surface area contributed by atoms with E-state index in [1.165, 1.54) is 11.8 Å². The highest BCUT2D eigenvalue weighted by atomic mass is 32.2. The number of pyridine rings is 1. The third-order valence-electron chi connectivity index (χ3n) is 2.14. The van der Waals surface area contributed by atoms with Crippen molar-refractivity contribution in [1.29, 1.82) is 0 Å². The fraction of sp³-hybridized carbons (Fsp3) is 0.300. The number of thioether (sulfide) groups is 1. The van der Waals surface area contributed by atoms with Crippen molar-refractivity contribution < 1.29 is 9.90 Å². The number of fused-ring (bicyclic) bond motifs is 1. The normalized spacial score (nSPS) is 12.8. The zero-order chi connectivity index (χ0) is 11.5. The first kappa shape index (κ1) is 10.9. The highest BCUT2D eigenvalue weighted by Gasteiger charge is 2.18. The Kier molecular flexibility index (Phi) is 3.09. The molecular weight excluding hydrogens is 226 g/mol. The molecule has 0 fully saturated rings. The molecule has 0 aliphatic carbocycles. The molecule has 2 rings (SSSR count). The van der Waals surface area contributed by atoms with Crippen molar-refractivity contribution in [3.05, 3.63) is 18.3 Å². The van der Waals surface area contributed by atoms with Crippen LogP contribution in [0, 0.1) is 0 Å². The number of carbonyl (C=O) groups is 1. The average Bonchev–Trinajstić information content (AvgIpc) is 2.67. The summed E-state index contributed by atoms with van der Waals surface area (Å²) in [6.07, 6.45) is 2.22. The number of aliphatic carboxylic acids is 1. The van der Waals surface area contributed by atoms with Gasteiger partial charge in [-0.3, -0.25) is 4.79 Å². The molecule has 0 aromatic carbocycles. The van der Waals surface area contributed by atoms with E-state index in [4.69, 9.17) is 5.11 Å². The van der Waals surface area contributed by atoms with Crippen LogP contribution in [-0.4, -0.2) is 31.3 Å². The number of nitrogens with one attached hydrogen (secondary N) is 1. The molecule has 6 heteroatoms. The Balaban J connectivity index is 2.24. The molecule has 16 heavy (non-hydrogen) atoms. The summed E-state index contributed by atoms with van der Waals surface area (Å²) in [7, 11) is 0. The number of H-pyrrole nitrogens is 1. The number of hydrogen-bond acceptors (Lipinski definition) is 4. The maximum atomic E-state index is 10.9. The van der Waals surface area contributed by atoms with E-state index in [0.717, 1.165) is 5.52 Å². The quantitative estimate of drug-likeness (QED) is 0.794. The highest BCUT2D eigenvalue weighted by Crippen LogP contribution is 2.24. The van der Waals surface area contributed by atoms with Crippen LogP contribution >= 0.6 is 11.8 Å². The van der Waals surface area contributed by atoms with Gasteiger partial charge in [0.15, 0.2) is 10.8 Å². The number of rotatable bonds is 4. The first-order valence-corrected chi connectivity index (χ1v) is 5.79. The lowest BCUT2D eigenvalue weighted by molar-refractivity contribution is -0.136. The third-order valence-corrected chi connectivity index (χ3v) is 3.37. The van der Waals surface area contributed by atoms with Gasteiger partial charge in [-0.2, -0.15) is 0 Å². The van der Waals surface area contributed by atoms with E-state index in [1.807, 2.05) is 19.1 Å². The van der Waals surface area contributed by atoms with Gasteiger partial charge >= 0.3 is 5.97 Å². The van der Waals surface area contributed by atoms with Crippen molar-refractivity contribution in [3.63, 3.8) is 0 Å². The van der Waals surface area contributed by atoms with Crippen LogP contribution < -0.4 is 0 Å². The van der Waals surface area contributed by atoms with Crippen LogP contribution in [0.2, 0.25) is 0 Å². The van der Waals surface area contributed by atoms with Crippen molar-refractivity contribution in [2.45, 2.75) is 23.8 Å². The summed E-state index contributed by atoms with van der Waals surface area (Å²) < 4.78 is 0. The predicted octanol–water partition coefficient (Wildman–Crippen LogP) is 1.91. The summed E-state index contributed by atoms with van der Waals surface area (Å²) in [5.41, 5.74) is 1.44. The fourth-order valence-corrected chi connectivity index (χ4v) is 2.17. The summed E-state index contributed by atoms with van der Waals surface area (Å²) in [5, 5.41) is 9.06. The molecule has 0 aliphatic heterocycles. The average molecular weight is 237 g/mol. The van der Waals surface area contributed by atoms with Crippen LogP contribution in [0.4, 0.5) is 0 Å². The Morgan fingerprint density at radius 1 is 1.69 bits per heavy atom. The maximum absolute atomic E-state index is 10.9. The van der Waals surface area contributed by atoms with Gasteiger partial charge in [-0.15, -0.1) is 0 Å². The van der Waals surface area contributed by atoms with Crippen LogP contribution in [0.5, 0.6) is 0 Å². The van der Waals surface area contributed by atoms with Gasteiger partial charge in [-0.25, -0.2) is 9.97 Å². The fourth-order valence-electron chi connectivity index (χ4n) is 1.32. The zero-order valence-electron chi connectivity index (χ0n) is 8.67. The molecule has 0 bridgehead atoms. The molecule has 84 valence electrons. The molecule has 2 aromatic rings. The van der Waals surface area contributed by atoms with Crippen LogP contribution in [0.15, 0.2) is 23.5 Å². The molecule has 2 heterocycles. The van der Waals surface area contributed by atoms with Crippen LogP contribution in [0.1, 0.15) is 13.3 Å². The minimum absolute atomic E-state index is 0.472. The van der Waals surface area contributed by atoms with Gasteiger partial charge in [-0.1, -0.05) is 18.7 Å². The number of imidazole rings is 1. The molecule has 0 saturated heterocycles. The number of aromatic amines is 1. The molecule has 1 atom stereocenters. The van der Waals surface area contributed by atoms with E-state index < -0.39 is 11.2 Å². The van der Waals surface area contributed by atoms with Gasteiger partial charge in [0.25, 0.3) is 0 Å². The minimum atomic E-state index is -0.819. The SMILES string of the molecule is CCC(Sc1nc2ncccc2[nH]1)C(=O)O. The molecule has 0 aliphatic rings. The number of hydrogen-bond donors (Lipinski definition) is 2. The molecule has 2 N–H and O–H groups in total. The van der Waals surface area contributed by atoms with E-state index in [1.54, 1.807) is 6.20 Å². The first-order chi connectivity index (χ1) is 7.70. The van der Waals surface area contributed by atoms with Crippen molar-refractivity contribution in [1.82, 2.24) is 15.0 Å². The van der Waals surface area contributed by atoms with Crippen LogP contribution in [-0.2, 0) is 4.79 Å². The molecule has 1 unspecified atom stereocenters. The van der Waals surface area contributed by atoms with Gasteiger partial charge in [0.1, 0.15) is 5.25 Å². The molecule has 5 nitrogen and oxygen atoms in total. The Bertz CT molecular complexity index is 478. The van der Waals surface area contributed by atoms with E-state index in [0.29, 0.717) is 17.2 Å². The molecule has 2 aromatic heterocycles. The topological polar surface area (TPSA) is 78.9 Å². The van der Waals surface area contributed by atoms with E-state index >= 15 is 0 Å². The second kappa shape index (κ2) is 4.52. The molecule has 0 spiro atoms. The summed E-state index contributed by atoms with van der Waals surface area (Å²) >= 11 is 1.22. The first-order valence-electron chi connectivity index (χ1n) is 4.91. The van der Waals surface area contributed by atoms with E-state index in [9.17, 15) is 4.79 Å². The number of aromatic nitrogens is 3. The Morgan fingerprint density at radius 3 is 3.12 bits per heavy atom. The second-order valence-corrected chi connectivity index (χ2v) is 4.46. The number of nitrogens with zero attached hydrogens (tertiary/aromatic N) is 2. The summed E-state index contributed by atoms with van der Waals surface area (Å²) in [5.74, 6) is -0.819. The van der Waals surface area contributed by atoms with Gasteiger partial charge in [0.2, 0.25) is 0 Å². The monoisotopic (exact) mass is 237 g/mol. The van der Waals surface area contributed by atoms with Crippen molar-refractivity contribution in [3.8, 4) is 0 Å². The highest BCUT2D eigenvalue weighted by molar-refractivity contribution is 8.00. The van der Waals surface area contributed by atoms with Crippen LogP contribution in [0.25, 0.3) is 11.2 Å². The minimum Gasteiger partial charge on any atom is -0.480 e. The van der Waals surface area contributed by atoms with Crippen molar-refractivity contribution in [2.75, 3.05) is 0 Å². The summed E-state index contributed by atoms with van der Waals surface area (Å²) in [4.78, 5) is 22.2. The maximum Gasteiger partial charge on any atom is 0.317 e. The van der Waals surface area contributed by atoms with Crippen LogP contribution in [0.3, 0.4) is 0 Å². The lowest BCUT2D eigenvalue weighted by atomic mass is 10.3. The third kappa shape index (κ3) is 2.16. The van der Waals surface area contributed by atoms with E-state index in [2.05, 4.69) is 15.0 Å². The van der Waals surface area contributed by atoms with E-state index in [-0.39, 0.29) is 0 Å².